The molecule has 0 amide bonds. The summed E-state index contributed by atoms with van der Waals surface area (Å²) in [5.74, 6) is 2.24. The van der Waals surface area contributed by atoms with Crippen molar-refractivity contribution in [3.63, 3.8) is 0 Å². The van der Waals surface area contributed by atoms with E-state index in [0.717, 1.165) is 24.3 Å². The Labute approximate surface area is 122 Å². The summed E-state index contributed by atoms with van der Waals surface area (Å²) >= 11 is 0. The summed E-state index contributed by atoms with van der Waals surface area (Å²) in [6.45, 7) is 4.63. The first-order chi connectivity index (χ1) is 9.45. The Hall–Kier alpha value is -0.570. The van der Waals surface area contributed by atoms with Crippen molar-refractivity contribution in [1.82, 2.24) is 5.32 Å². The average molecular weight is 279 g/mol. The molecule has 0 radical (unpaired) electrons. The Morgan fingerprint density at radius 3 is 2.10 bits per heavy atom. The summed E-state index contributed by atoms with van der Waals surface area (Å²) in [7, 11) is 0. The Bertz CT molecular complexity index is 357. The molecule has 0 aromatic rings. The molecule has 0 aromatic carbocycles. The fraction of sp³-hybridized carbons (Fsp3) is 0.941. The summed E-state index contributed by atoms with van der Waals surface area (Å²) in [4.78, 5) is 11.3. The van der Waals surface area contributed by atoms with Gasteiger partial charge in [-0.15, -0.1) is 0 Å². The van der Waals surface area contributed by atoms with Crippen LogP contribution in [0.25, 0.3) is 0 Å². The monoisotopic (exact) mass is 279 g/mol. The van der Waals surface area contributed by atoms with E-state index in [-0.39, 0.29) is 0 Å². The van der Waals surface area contributed by atoms with E-state index < -0.39 is 11.5 Å². The van der Waals surface area contributed by atoms with Crippen LogP contribution in [0.4, 0.5) is 0 Å². The molecule has 2 N–H and O–H groups in total. The van der Waals surface area contributed by atoms with E-state index in [9.17, 15) is 9.90 Å². The minimum atomic E-state index is -0.748. The van der Waals surface area contributed by atoms with Crippen LogP contribution in [0.5, 0.6) is 0 Å². The fourth-order valence-electron chi connectivity index (χ4n) is 5.55. The van der Waals surface area contributed by atoms with Gasteiger partial charge in [0.05, 0.1) is 0 Å². The molecular weight excluding hydrogens is 250 g/mol. The van der Waals surface area contributed by atoms with Crippen LogP contribution >= 0.6 is 0 Å². The van der Waals surface area contributed by atoms with Gasteiger partial charge in [-0.25, -0.2) is 0 Å². The molecule has 4 rings (SSSR count). The molecule has 0 aliphatic heterocycles. The van der Waals surface area contributed by atoms with Crippen molar-refractivity contribution < 1.29 is 9.90 Å². The summed E-state index contributed by atoms with van der Waals surface area (Å²) in [6, 6.07) is 0. The van der Waals surface area contributed by atoms with Crippen LogP contribution in [0, 0.1) is 23.2 Å². The van der Waals surface area contributed by atoms with E-state index in [2.05, 4.69) is 5.32 Å². The van der Waals surface area contributed by atoms with Gasteiger partial charge in [0.25, 0.3) is 0 Å². The topological polar surface area (TPSA) is 49.3 Å². The van der Waals surface area contributed by atoms with Crippen LogP contribution in [0.1, 0.15) is 65.2 Å². The average Bonchev–Trinajstić information content (AvgIpc) is 2.36. The largest absolute Gasteiger partial charge is 0.480 e. The molecule has 4 fully saturated rings. The first-order valence-electron chi connectivity index (χ1n) is 8.43. The predicted octanol–water partition coefficient (Wildman–Crippen LogP) is 3.44. The van der Waals surface area contributed by atoms with E-state index in [1.165, 1.54) is 44.9 Å². The number of carboxylic acid groups (broad SMARTS) is 1. The number of carboxylic acids is 1. The second-order valence-corrected chi connectivity index (χ2v) is 8.09. The van der Waals surface area contributed by atoms with Crippen molar-refractivity contribution in [1.29, 1.82) is 0 Å². The molecule has 3 heteroatoms. The standard InChI is InChI=1S/C17H29NO2/c1-3-16(2,15(19)20)18-5-4-17-9-12-6-13(10-17)8-14(7-12)11-17/h12-14,18H,3-11H2,1-2H3,(H,19,20). The zero-order chi connectivity index (χ0) is 14.4. The second kappa shape index (κ2) is 5.01. The fourth-order valence-corrected chi connectivity index (χ4v) is 5.55. The Kier molecular flexibility index (Phi) is 3.60. The van der Waals surface area contributed by atoms with Gasteiger partial charge in [0.2, 0.25) is 0 Å². The summed E-state index contributed by atoms with van der Waals surface area (Å²) in [6.07, 6.45) is 10.5. The van der Waals surface area contributed by atoms with E-state index in [0.29, 0.717) is 11.8 Å². The van der Waals surface area contributed by atoms with Gasteiger partial charge >= 0.3 is 5.97 Å². The number of rotatable bonds is 6. The first-order valence-corrected chi connectivity index (χ1v) is 8.43. The molecule has 0 heterocycles. The lowest BCUT2D eigenvalue weighted by atomic mass is 9.49. The van der Waals surface area contributed by atoms with Crippen LogP contribution < -0.4 is 5.32 Å². The van der Waals surface area contributed by atoms with Crippen molar-refractivity contribution in [2.75, 3.05) is 6.54 Å². The van der Waals surface area contributed by atoms with Gasteiger partial charge in [-0.1, -0.05) is 6.92 Å². The molecule has 4 aliphatic rings. The van der Waals surface area contributed by atoms with Crippen molar-refractivity contribution in [2.45, 2.75) is 70.8 Å². The van der Waals surface area contributed by atoms with Gasteiger partial charge < -0.3 is 10.4 Å². The number of hydrogen-bond acceptors (Lipinski definition) is 2. The van der Waals surface area contributed by atoms with Gasteiger partial charge in [-0.2, -0.15) is 0 Å². The van der Waals surface area contributed by atoms with Crippen molar-refractivity contribution >= 4 is 5.97 Å². The van der Waals surface area contributed by atoms with Gasteiger partial charge in [-0.05, 0) is 88.0 Å². The normalized spacial score (nSPS) is 41.6. The third-order valence-corrected chi connectivity index (χ3v) is 6.51. The number of hydrogen-bond donors (Lipinski definition) is 2. The Morgan fingerprint density at radius 1 is 1.20 bits per heavy atom. The lowest BCUT2D eigenvalue weighted by molar-refractivity contribution is -0.144. The van der Waals surface area contributed by atoms with Crippen molar-refractivity contribution in [2.24, 2.45) is 23.2 Å². The van der Waals surface area contributed by atoms with E-state index in [4.69, 9.17) is 0 Å². The molecular formula is C17H29NO2. The minimum absolute atomic E-state index is 0.551. The van der Waals surface area contributed by atoms with Gasteiger partial charge in [0.1, 0.15) is 5.54 Å². The molecule has 114 valence electrons. The lowest BCUT2D eigenvalue weighted by Crippen LogP contribution is -2.52. The second-order valence-electron chi connectivity index (χ2n) is 8.09. The smallest absolute Gasteiger partial charge is 0.323 e. The maximum Gasteiger partial charge on any atom is 0.323 e. The third-order valence-electron chi connectivity index (χ3n) is 6.51. The lowest BCUT2D eigenvalue weighted by Gasteiger charge is -2.57. The predicted molar refractivity (Wildman–Crippen MR) is 79.6 cm³/mol. The highest BCUT2D eigenvalue weighted by atomic mass is 16.4. The molecule has 0 spiro atoms. The molecule has 0 aromatic heterocycles. The van der Waals surface area contributed by atoms with Crippen molar-refractivity contribution in [3.05, 3.63) is 0 Å². The molecule has 4 aliphatic carbocycles. The maximum absolute atomic E-state index is 11.3. The van der Waals surface area contributed by atoms with Gasteiger partial charge in [-0.3, -0.25) is 4.79 Å². The van der Waals surface area contributed by atoms with Crippen LogP contribution in [-0.2, 0) is 4.79 Å². The number of carbonyl (C=O) groups is 1. The highest BCUT2D eigenvalue weighted by molar-refractivity contribution is 5.78. The minimum Gasteiger partial charge on any atom is -0.480 e. The summed E-state index contributed by atoms with van der Waals surface area (Å²) in [5, 5.41) is 12.7. The highest BCUT2D eigenvalue weighted by Gasteiger charge is 2.50. The Balaban J connectivity index is 1.57. The zero-order valence-electron chi connectivity index (χ0n) is 13.0. The zero-order valence-corrected chi connectivity index (χ0v) is 13.0. The van der Waals surface area contributed by atoms with Crippen LogP contribution in [0.15, 0.2) is 0 Å². The quantitative estimate of drug-likeness (QED) is 0.783. The number of aliphatic carboxylic acids is 1. The molecule has 1 atom stereocenters. The van der Waals surface area contributed by atoms with Crippen LogP contribution in [0.3, 0.4) is 0 Å². The van der Waals surface area contributed by atoms with E-state index in [1.807, 2.05) is 13.8 Å². The summed E-state index contributed by atoms with van der Waals surface area (Å²) < 4.78 is 0. The molecule has 3 nitrogen and oxygen atoms in total. The van der Waals surface area contributed by atoms with E-state index >= 15 is 0 Å². The molecule has 20 heavy (non-hydrogen) atoms. The molecule has 4 bridgehead atoms. The highest BCUT2D eigenvalue weighted by Crippen LogP contribution is 2.61. The van der Waals surface area contributed by atoms with Crippen LogP contribution in [-0.4, -0.2) is 23.2 Å². The molecule has 1 unspecified atom stereocenters. The van der Waals surface area contributed by atoms with E-state index in [1.54, 1.807) is 0 Å². The van der Waals surface area contributed by atoms with Crippen molar-refractivity contribution in [3.8, 4) is 0 Å². The molecule has 4 saturated carbocycles. The SMILES string of the molecule is CCC(C)(NCCC12CC3CC(CC(C3)C1)C2)C(=O)O. The Morgan fingerprint density at radius 2 is 1.70 bits per heavy atom. The molecule has 0 saturated heterocycles. The maximum atomic E-state index is 11.3. The third kappa shape index (κ3) is 2.49. The van der Waals surface area contributed by atoms with Crippen LogP contribution in [0.2, 0.25) is 0 Å². The summed E-state index contributed by atoms with van der Waals surface area (Å²) in [5.41, 5.74) is -0.197. The van der Waals surface area contributed by atoms with Gasteiger partial charge in [0.15, 0.2) is 0 Å². The number of nitrogens with one attached hydrogen (secondary N) is 1. The first kappa shape index (κ1) is 14.4. The van der Waals surface area contributed by atoms with Gasteiger partial charge in [0, 0.05) is 0 Å².